The third-order valence-corrected chi connectivity index (χ3v) is 3.32. The molecule has 0 aromatic heterocycles. The van der Waals surface area contributed by atoms with Crippen LogP contribution in [0.1, 0.15) is 24.5 Å². The van der Waals surface area contributed by atoms with Crippen molar-refractivity contribution in [2.45, 2.75) is 26.8 Å². The van der Waals surface area contributed by atoms with Crippen molar-refractivity contribution in [3.8, 4) is 0 Å². The summed E-state index contributed by atoms with van der Waals surface area (Å²) in [7, 11) is 0. The fraction of sp³-hybridized carbons (Fsp3) is 0.400. The van der Waals surface area contributed by atoms with Crippen molar-refractivity contribution in [1.29, 1.82) is 0 Å². The molecule has 1 rings (SSSR count). The predicted molar refractivity (Wildman–Crippen MR) is 81.1 cm³/mol. The van der Waals surface area contributed by atoms with E-state index in [0.29, 0.717) is 6.42 Å². The van der Waals surface area contributed by atoms with Crippen molar-refractivity contribution in [2.24, 2.45) is 11.7 Å². The average Bonchev–Trinajstić information content (AvgIpc) is 2.46. The Kier molecular flexibility index (Phi) is 6.37. The van der Waals surface area contributed by atoms with Crippen LogP contribution in [-0.4, -0.2) is 34.6 Å². The second kappa shape index (κ2) is 8.02. The highest BCUT2D eigenvalue weighted by Gasteiger charge is 2.26. The highest BCUT2D eigenvalue weighted by atomic mass is 16.4. The Morgan fingerprint density at radius 2 is 1.86 bits per heavy atom. The number of rotatable bonds is 6. The number of amides is 4. The summed E-state index contributed by atoms with van der Waals surface area (Å²) in [5, 5.41) is 11.6. The Labute approximate surface area is 129 Å². The fourth-order valence-electron chi connectivity index (χ4n) is 1.85. The number of urea groups is 2. The molecule has 0 bridgehead atoms. The molecule has 1 aromatic carbocycles. The van der Waals surface area contributed by atoms with Gasteiger partial charge in [0.2, 0.25) is 0 Å². The summed E-state index contributed by atoms with van der Waals surface area (Å²) < 4.78 is 0. The van der Waals surface area contributed by atoms with Gasteiger partial charge in [-0.3, -0.25) is 4.79 Å². The fourth-order valence-corrected chi connectivity index (χ4v) is 1.85. The lowest BCUT2D eigenvalue weighted by Crippen LogP contribution is -2.49. The zero-order valence-corrected chi connectivity index (χ0v) is 12.7. The van der Waals surface area contributed by atoms with Gasteiger partial charge in [-0.05, 0) is 18.9 Å². The minimum absolute atomic E-state index is 0.229. The SMILES string of the molecule is CC[C@@H](CN(C(N)=O)C(=O)NCc1ccc(C)cc1)C(=O)O. The van der Waals surface area contributed by atoms with E-state index in [1.165, 1.54) is 0 Å². The third kappa shape index (κ3) is 5.08. The molecule has 0 unspecified atom stereocenters. The molecule has 120 valence electrons. The number of imide groups is 1. The Bertz CT molecular complexity index is 542. The number of aliphatic carboxylic acids is 1. The molecule has 22 heavy (non-hydrogen) atoms. The topological polar surface area (TPSA) is 113 Å². The van der Waals surface area contributed by atoms with Crippen LogP contribution >= 0.6 is 0 Å². The van der Waals surface area contributed by atoms with Gasteiger partial charge in [0.25, 0.3) is 0 Å². The van der Waals surface area contributed by atoms with Crippen LogP contribution in [0.4, 0.5) is 9.59 Å². The van der Waals surface area contributed by atoms with E-state index in [4.69, 9.17) is 10.8 Å². The summed E-state index contributed by atoms with van der Waals surface area (Å²) in [6, 6.07) is 5.86. The standard InChI is InChI=1S/C15H21N3O4/c1-3-12(13(19)20)9-18(14(16)21)15(22)17-8-11-6-4-10(2)5-7-11/h4-7,12H,3,8-9H2,1-2H3,(H2,16,21)(H,17,22)(H,19,20)/t12-/m0/s1. The molecule has 0 aliphatic rings. The molecule has 0 saturated heterocycles. The van der Waals surface area contributed by atoms with Crippen LogP contribution < -0.4 is 11.1 Å². The quantitative estimate of drug-likeness (QED) is 0.742. The number of carboxylic acids is 1. The summed E-state index contributed by atoms with van der Waals surface area (Å²) in [6.07, 6.45) is 0.296. The molecule has 4 amide bonds. The Hall–Kier alpha value is -2.57. The summed E-state index contributed by atoms with van der Waals surface area (Å²) in [5.41, 5.74) is 7.13. The zero-order chi connectivity index (χ0) is 16.7. The Balaban J connectivity index is 2.67. The molecule has 0 saturated carbocycles. The van der Waals surface area contributed by atoms with E-state index in [0.717, 1.165) is 16.0 Å². The van der Waals surface area contributed by atoms with Crippen molar-refractivity contribution in [3.05, 3.63) is 35.4 Å². The second-order valence-corrected chi connectivity index (χ2v) is 5.04. The number of nitrogens with one attached hydrogen (secondary N) is 1. The number of carboxylic acid groups (broad SMARTS) is 1. The Morgan fingerprint density at radius 1 is 1.27 bits per heavy atom. The monoisotopic (exact) mass is 307 g/mol. The lowest BCUT2D eigenvalue weighted by atomic mass is 10.1. The summed E-state index contributed by atoms with van der Waals surface area (Å²) in [4.78, 5) is 35.1. The minimum atomic E-state index is -1.07. The van der Waals surface area contributed by atoms with E-state index in [2.05, 4.69) is 5.32 Å². The largest absolute Gasteiger partial charge is 0.481 e. The van der Waals surface area contributed by atoms with Gasteiger partial charge in [-0.15, -0.1) is 0 Å². The van der Waals surface area contributed by atoms with Gasteiger partial charge >= 0.3 is 18.0 Å². The lowest BCUT2D eigenvalue weighted by molar-refractivity contribution is -0.142. The molecule has 0 radical (unpaired) electrons. The van der Waals surface area contributed by atoms with Crippen molar-refractivity contribution >= 4 is 18.0 Å². The molecular formula is C15H21N3O4. The van der Waals surface area contributed by atoms with E-state index >= 15 is 0 Å². The van der Waals surface area contributed by atoms with Gasteiger partial charge in [0.15, 0.2) is 0 Å². The van der Waals surface area contributed by atoms with Crippen molar-refractivity contribution in [2.75, 3.05) is 6.54 Å². The van der Waals surface area contributed by atoms with Crippen LogP contribution in [0.2, 0.25) is 0 Å². The van der Waals surface area contributed by atoms with Crippen LogP contribution in [0.3, 0.4) is 0 Å². The molecule has 0 aliphatic carbocycles. The molecule has 1 atom stereocenters. The maximum absolute atomic E-state index is 12.0. The summed E-state index contributed by atoms with van der Waals surface area (Å²) in [5.74, 6) is -1.90. The highest BCUT2D eigenvalue weighted by molar-refractivity contribution is 5.93. The number of benzene rings is 1. The number of nitrogens with zero attached hydrogens (tertiary/aromatic N) is 1. The minimum Gasteiger partial charge on any atom is -0.481 e. The van der Waals surface area contributed by atoms with Gasteiger partial charge in [-0.1, -0.05) is 36.8 Å². The predicted octanol–water partition coefficient (Wildman–Crippen LogP) is 1.70. The third-order valence-electron chi connectivity index (χ3n) is 3.32. The van der Waals surface area contributed by atoms with Gasteiger partial charge in [0.05, 0.1) is 5.92 Å². The molecule has 0 fully saturated rings. The first-order valence-electron chi connectivity index (χ1n) is 6.98. The number of nitrogens with two attached hydrogens (primary N) is 1. The first-order valence-corrected chi connectivity index (χ1v) is 6.98. The van der Waals surface area contributed by atoms with Gasteiger partial charge in [0.1, 0.15) is 0 Å². The molecule has 0 spiro atoms. The van der Waals surface area contributed by atoms with Crippen molar-refractivity contribution < 1.29 is 19.5 Å². The maximum Gasteiger partial charge on any atom is 0.325 e. The number of carbonyl (C=O) groups is 3. The van der Waals surface area contributed by atoms with Crippen LogP contribution in [0.25, 0.3) is 0 Å². The molecule has 0 aliphatic heterocycles. The van der Waals surface area contributed by atoms with E-state index in [9.17, 15) is 14.4 Å². The van der Waals surface area contributed by atoms with E-state index < -0.39 is 23.9 Å². The molecule has 4 N–H and O–H groups in total. The first kappa shape index (κ1) is 17.5. The number of primary amides is 1. The van der Waals surface area contributed by atoms with Crippen molar-refractivity contribution in [3.63, 3.8) is 0 Å². The first-order chi connectivity index (χ1) is 10.3. The van der Waals surface area contributed by atoms with Crippen molar-refractivity contribution in [1.82, 2.24) is 10.2 Å². The highest BCUT2D eigenvalue weighted by Crippen LogP contribution is 2.07. The summed E-state index contributed by atoms with van der Waals surface area (Å²) in [6.45, 7) is 3.60. The van der Waals surface area contributed by atoms with Gasteiger partial charge in [-0.2, -0.15) is 0 Å². The van der Waals surface area contributed by atoms with E-state index in [1.807, 2.05) is 31.2 Å². The second-order valence-electron chi connectivity index (χ2n) is 5.04. The smallest absolute Gasteiger partial charge is 0.325 e. The van der Waals surface area contributed by atoms with Crippen LogP contribution in [0, 0.1) is 12.8 Å². The molecule has 7 heteroatoms. The lowest BCUT2D eigenvalue weighted by Gasteiger charge is -2.22. The van der Waals surface area contributed by atoms with Crippen LogP contribution in [-0.2, 0) is 11.3 Å². The number of hydrogen-bond acceptors (Lipinski definition) is 3. The van der Waals surface area contributed by atoms with Crippen LogP contribution in [0.15, 0.2) is 24.3 Å². The maximum atomic E-state index is 12.0. The van der Waals surface area contributed by atoms with E-state index in [-0.39, 0.29) is 13.1 Å². The molecular weight excluding hydrogens is 286 g/mol. The van der Waals surface area contributed by atoms with E-state index in [1.54, 1.807) is 6.92 Å². The molecule has 7 nitrogen and oxygen atoms in total. The number of hydrogen-bond donors (Lipinski definition) is 3. The normalized spacial score (nSPS) is 11.5. The van der Waals surface area contributed by atoms with Gasteiger partial charge < -0.3 is 16.2 Å². The molecule has 1 aromatic rings. The number of aryl methyl sites for hydroxylation is 1. The zero-order valence-electron chi connectivity index (χ0n) is 12.7. The average molecular weight is 307 g/mol. The van der Waals surface area contributed by atoms with Gasteiger partial charge in [0, 0.05) is 13.1 Å². The van der Waals surface area contributed by atoms with Crippen LogP contribution in [0.5, 0.6) is 0 Å². The Morgan fingerprint density at radius 3 is 2.32 bits per heavy atom. The number of carbonyl (C=O) groups excluding carboxylic acids is 2. The molecule has 0 heterocycles. The van der Waals surface area contributed by atoms with Gasteiger partial charge in [-0.25, -0.2) is 14.5 Å². The summed E-state index contributed by atoms with van der Waals surface area (Å²) >= 11 is 0.